The quantitative estimate of drug-likeness (QED) is 0.818. The van der Waals surface area contributed by atoms with Gasteiger partial charge in [0.15, 0.2) is 0 Å². The highest BCUT2D eigenvalue weighted by molar-refractivity contribution is 6.29. The first-order valence-corrected chi connectivity index (χ1v) is 4.72. The summed E-state index contributed by atoms with van der Waals surface area (Å²) >= 11 is 5.53. The Labute approximate surface area is 93.1 Å². The predicted molar refractivity (Wildman–Crippen MR) is 60.7 cm³/mol. The average Bonchev–Trinajstić information content (AvgIpc) is 2.18. The Morgan fingerprint density at radius 1 is 1.73 bits per heavy atom. The number of amides is 1. The van der Waals surface area contributed by atoms with E-state index in [0.717, 1.165) is 0 Å². The van der Waals surface area contributed by atoms with Crippen LogP contribution >= 0.6 is 11.6 Å². The van der Waals surface area contributed by atoms with Crippen LogP contribution in [0.5, 0.6) is 0 Å². The fourth-order valence-electron chi connectivity index (χ4n) is 1.05. The largest absolute Gasteiger partial charge is 0.397 e. The molecular formula is C10H12ClN3O. The summed E-state index contributed by atoms with van der Waals surface area (Å²) in [5.41, 5.74) is 7.07. The summed E-state index contributed by atoms with van der Waals surface area (Å²) in [5, 5.41) is 2.97. The molecule has 0 unspecified atom stereocenters. The Hall–Kier alpha value is -1.55. The zero-order valence-electron chi connectivity index (χ0n) is 8.38. The molecule has 0 radical (unpaired) electrons. The number of pyridine rings is 1. The highest BCUT2D eigenvalue weighted by atomic mass is 35.5. The third-order valence-corrected chi connectivity index (χ3v) is 1.93. The van der Waals surface area contributed by atoms with Crippen molar-refractivity contribution in [3.63, 3.8) is 0 Å². The zero-order valence-corrected chi connectivity index (χ0v) is 9.14. The van der Waals surface area contributed by atoms with Gasteiger partial charge in [0.25, 0.3) is 5.91 Å². The molecule has 1 aromatic heterocycles. The van der Waals surface area contributed by atoms with Crippen LogP contribution in [-0.4, -0.2) is 17.4 Å². The van der Waals surface area contributed by atoms with Crippen molar-refractivity contribution in [2.24, 2.45) is 0 Å². The van der Waals surface area contributed by atoms with Gasteiger partial charge >= 0.3 is 0 Å². The number of nitrogens with two attached hydrogens (primary N) is 1. The molecular weight excluding hydrogens is 214 g/mol. The third kappa shape index (κ3) is 3.25. The van der Waals surface area contributed by atoms with E-state index in [0.29, 0.717) is 22.0 Å². The van der Waals surface area contributed by atoms with Gasteiger partial charge in [-0.3, -0.25) is 9.78 Å². The molecule has 1 rings (SSSR count). The first-order chi connectivity index (χ1) is 7.00. The van der Waals surface area contributed by atoms with Crippen molar-refractivity contribution >= 4 is 23.2 Å². The summed E-state index contributed by atoms with van der Waals surface area (Å²) in [6, 6.07) is 1.58. The summed E-state index contributed by atoms with van der Waals surface area (Å²) in [4.78, 5) is 15.6. The maximum absolute atomic E-state index is 11.6. The van der Waals surface area contributed by atoms with E-state index in [9.17, 15) is 4.79 Å². The fraction of sp³-hybridized carbons (Fsp3) is 0.200. The average molecular weight is 226 g/mol. The van der Waals surface area contributed by atoms with Crippen LogP contribution in [0, 0.1) is 6.92 Å². The first kappa shape index (κ1) is 11.5. The van der Waals surface area contributed by atoms with Crippen LogP contribution in [0.15, 0.2) is 23.9 Å². The van der Waals surface area contributed by atoms with Gasteiger partial charge in [-0.15, -0.1) is 0 Å². The number of aryl methyl sites for hydroxylation is 1. The van der Waals surface area contributed by atoms with Crippen LogP contribution in [0.25, 0.3) is 0 Å². The normalized spacial score (nSPS) is 9.73. The van der Waals surface area contributed by atoms with E-state index >= 15 is 0 Å². The first-order valence-electron chi connectivity index (χ1n) is 4.34. The van der Waals surface area contributed by atoms with Gasteiger partial charge in [0, 0.05) is 5.03 Å². The summed E-state index contributed by atoms with van der Waals surface area (Å²) in [6.45, 7) is 5.44. The molecule has 0 fully saturated rings. The van der Waals surface area contributed by atoms with Crippen molar-refractivity contribution in [1.82, 2.24) is 10.3 Å². The number of carbonyl (C=O) groups excluding carboxylic acids is 1. The number of aromatic nitrogens is 1. The number of hydrogen-bond donors (Lipinski definition) is 2. The van der Waals surface area contributed by atoms with Crippen molar-refractivity contribution < 1.29 is 4.79 Å². The van der Waals surface area contributed by atoms with Gasteiger partial charge in [0.05, 0.1) is 29.7 Å². The van der Waals surface area contributed by atoms with Gasteiger partial charge < -0.3 is 11.1 Å². The molecule has 0 aromatic carbocycles. The smallest absolute Gasteiger partial charge is 0.253 e. The molecule has 80 valence electrons. The molecule has 0 saturated carbocycles. The lowest BCUT2D eigenvalue weighted by Crippen LogP contribution is -2.25. The van der Waals surface area contributed by atoms with Gasteiger partial charge in [-0.2, -0.15) is 0 Å². The zero-order chi connectivity index (χ0) is 11.4. The van der Waals surface area contributed by atoms with E-state index in [1.807, 2.05) is 0 Å². The minimum Gasteiger partial charge on any atom is -0.397 e. The number of nitrogens with zero attached hydrogens (tertiary/aromatic N) is 1. The van der Waals surface area contributed by atoms with Crippen LogP contribution in [-0.2, 0) is 0 Å². The molecule has 0 atom stereocenters. The van der Waals surface area contributed by atoms with Gasteiger partial charge in [-0.25, -0.2) is 0 Å². The molecule has 0 saturated heterocycles. The van der Waals surface area contributed by atoms with Crippen LogP contribution < -0.4 is 11.1 Å². The van der Waals surface area contributed by atoms with Crippen molar-refractivity contribution in [2.45, 2.75) is 6.92 Å². The van der Waals surface area contributed by atoms with E-state index in [-0.39, 0.29) is 12.5 Å². The number of nitrogens with one attached hydrogen (secondary N) is 1. The number of halogens is 1. The van der Waals surface area contributed by atoms with Crippen molar-refractivity contribution in [3.05, 3.63) is 35.1 Å². The van der Waals surface area contributed by atoms with E-state index in [4.69, 9.17) is 17.3 Å². The summed E-state index contributed by atoms with van der Waals surface area (Å²) in [5.74, 6) is -0.255. The molecule has 1 heterocycles. The number of nitrogen functional groups attached to an aromatic ring is 1. The maximum Gasteiger partial charge on any atom is 0.253 e. The number of hydrogen-bond acceptors (Lipinski definition) is 3. The summed E-state index contributed by atoms with van der Waals surface area (Å²) in [7, 11) is 0. The van der Waals surface area contributed by atoms with E-state index in [1.165, 1.54) is 6.20 Å². The molecule has 1 amide bonds. The maximum atomic E-state index is 11.6. The lowest BCUT2D eigenvalue weighted by atomic mass is 10.2. The fourth-order valence-corrected chi connectivity index (χ4v) is 1.12. The topological polar surface area (TPSA) is 68.0 Å². The molecule has 0 aliphatic carbocycles. The van der Waals surface area contributed by atoms with Gasteiger partial charge in [0.2, 0.25) is 0 Å². The molecule has 4 nitrogen and oxygen atoms in total. The lowest BCUT2D eigenvalue weighted by molar-refractivity contribution is 0.0956. The molecule has 0 spiro atoms. The highest BCUT2D eigenvalue weighted by Crippen LogP contribution is 2.09. The standard InChI is InChI=1S/C10H12ClN3O/c1-6(11)4-14-10(15)9-3-8(12)5-13-7(9)2/h3,5H,1,4,12H2,2H3,(H,14,15). The summed E-state index contributed by atoms with van der Waals surface area (Å²) in [6.07, 6.45) is 1.51. The Kier molecular flexibility index (Phi) is 3.68. The van der Waals surface area contributed by atoms with Crippen LogP contribution in [0.1, 0.15) is 16.1 Å². The predicted octanol–water partition coefficient (Wildman–Crippen LogP) is 1.45. The van der Waals surface area contributed by atoms with Gasteiger partial charge in [-0.05, 0) is 13.0 Å². The number of rotatable bonds is 3. The Bertz CT molecular complexity index is 404. The van der Waals surface area contributed by atoms with Gasteiger partial charge in [-0.1, -0.05) is 18.2 Å². The Morgan fingerprint density at radius 3 is 3.00 bits per heavy atom. The second kappa shape index (κ2) is 4.79. The molecule has 5 heteroatoms. The van der Waals surface area contributed by atoms with Crippen molar-refractivity contribution in [2.75, 3.05) is 12.3 Å². The lowest BCUT2D eigenvalue weighted by Gasteiger charge is -2.06. The van der Waals surface area contributed by atoms with E-state index in [2.05, 4.69) is 16.9 Å². The monoisotopic (exact) mass is 225 g/mol. The second-order valence-corrected chi connectivity index (χ2v) is 3.64. The SMILES string of the molecule is C=C(Cl)CNC(=O)c1cc(N)cnc1C. The second-order valence-electron chi connectivity index (χ2n) is 3.10. The van der Waals surface area contributed by atoms with Crippen LogP contribution in [0.3, 0.4) is 0 Å². The van der Waals surface area contributed by atoms with Crippen LogP contribution in [0.2, 0.25) is 0 Å². The molecule has 15 heavy (non-hydrogen) atoms. The molecule has 0 aliphatic heterocycles. The molecule has 0 bridgehead atoms. The summed E-state index contributed by atoms with van der Waals surface area (Å²) < 4.78 is 0. The molecule has 1 aromatic rings. The molecule has 3 N–H and O–H groups in total. The van der Waals surface area contributed by atoms with E-state index < -0.39 is 0 Å². The molecule has 0 aliphatic rings. The van der Waals surface area contributed by atoms with Gasteiger partial charge in [0.1, 0.15) is 0 Å². The third-order valence-electron chi connectivity index (χ3n) is 1.79. The Morgan fingerprint density at radius 2 is 2.40 bits per heavy atom. The Balaban J connectivity index is 2.81. The number of carbonyl (C=O) groups is 1. The van der Waals surface area contributed by atoms with Crippen molar-refractivity contribution in [3.8, 4) is 0 Å². The van der Waals surface area contributed by atoms with Crippen LogP contribution in [0.4, 0.5) is 5.69 Å². The van der Waals surface area contributed by atoms with Crippen molar-refractivity contribution in [1.29, 1.82) is 0 Å². The minimum absolute atomic E-state index is 0.231. The number of anilines is 1. The highest BCUT2D eigenvalue weighted by Gasteiger charge is 2.09. The van der Waals surface area contributed by atoms with E-state index in [1.54, 1.807) is 13.0 Å². The minimum atomic E-state index is -0.255.